The molecule has 0 spiro atoms. The number of hydrogen-bond acceptors (Lipinski definition) is 6. The maximum atomic E-state index is 12.3. The third-order valence-corrected chi connectivity index (χ3v) is 5.09. The number of aryl methyl sites for hydroxylation is 1. The maximum Gasteiger partial charge on any atom is 0.224 e. The van der Waals surface area contributed by atoms with Crippen molar-refractivity contribution >= 4 is 17.2 Å². The lowest BCUT2D eigenvalue weighted by Crippen LogP contribution is -2.51. The fourth-order valence-electron chi connectivity index (χ4n) is 2.94. The van der Waals surface area contributed by atoms with E-state index in [1.54, 1.807) is 11.3 Å². The second-order valence-electron chi connectivity index (χ2n) is 5.93. The number of nitrogens with one attached hydrogen (secondary N) is 1. The summed E-state index contributed by atoms with van der Waals surface area (Å²) in [6.07, 6.45) is 2.51. The van der Waals surface area contributed by atoms with Gasteiger partial charge in [-0.25, -0.2) is 4.98 Å². The number of carbonyl (C=O) groups excluding carboxylic acids is 1. The quantitative estimate of drug-likeness (QED) is 0.873. The van der Waals surface area contributed by atoms with Gasteiger partial charge in [0.1, 0.15) is 0 Å². The van der Waals surface area contributed by atoms with Crippen LogP contribution in [-0.4, -0.2) is 72.7 Å². The summed E-state index contributed by atoms with van der Waals surface area (Å²) in [7, 11) is 0. The first kappa shape index (κ1) is 15.9. The molecule has 1 atom stereocenters. The van der Waals surface area contributed by atoms with E-state index in [-0.39, 0.29) is 11.9 Å². The Balaban J connectivity index is 1.41. The monoisotopic (exact) mass is 324 g/mol. The molecule has 2 saturated heterocycles. The first-order valence-electron chi connectivity index (χ1n) is 7.93. The molecule has 2 aliphatic rings. The molecule has 1 unspecified atom stereocenters. The summed E-state index contributed by atoms with van der Waals surface area (Å²) in [6.45, 7) is 8.76. The zero-order valence-electron chi connectivity index (χ0n) is 13.1. The highest BCUT2D eigenvalue weighted by molar-refractivity contribution is 7.11. The van der Waals surface area contributed by atoms with Crippen molar-refractivity contribution in [1.29, 1.82) is 0 Å². The van der Waals surface area contributed by atoms with Crippen molar-refractivity contribution in [3.63, 3.8) is 0 Å². The van der Waals surface area contributed by atoms with Gasteiger partial charge in [-0.3, -0.25) is 9.69 Å². The van der Waals surface area contributed by atoms with Gasteiger partial charge in [-0.2, -0.15) is 0 Å². The SMILES string of the molecule is Cc1ncc(CN2CCN(C(=O)CC3COCCN3)CC2)s1. The van der Waals surface area contributed by atoms with Crippen LogP contribution in [-0.2, 0) is 16.1 Å². The smallest absolute Gasteiger partial charge is 0.224 e. The highest BCUT2D eigenvalue weighted by Crippen LogP contribution is 2.16. The van der Waals surface area contributed by atoms with E-state index in [1.165, 1.54) is 4.88 Å². The standard InChI is InChI=1S/C15H24N4O2S/c1-12-17-9-14(22-12)10-18-3-5-19(6-4-18)15(20)8-13-11-21-7-2-16-13/h9,13,16H,2-8,10-11H2,1H3. The molecule has 3 heterocycles. The molecule has 2 aliphatic heterocycles. The number of ether oxygens (including phenoxy) is 1. The summed E-state index contributed by atoms with van der Waals surface area (Å²) >= 11 is 1.76. The van der Waals surface area contributed by atoms with E-state index < -0.39 is 0 Å². The van der Waals surface area contributed by atoms with Gasteiger partial charge in [-0.05, 0) is 6.92 Å². The number of nitrogens with zero attached hydrogens (tertiary/aromatic N) is 3. The minimum Gasteiger partial charge on any atom is -0.378 e. The second-order valence-corrected chi connectivity index (χ2v) is 7.25. The highest BCUT2D eigenvalue weighted by atomic mass is 32.1. The van der Waals surface area contributed by atoms with Gasteiger partial charge in [0.25, 0.3) is 0 Å². The van der Waals surface area contributed by atoms with Crippen molar-refractivity contribution in [3.05, 3.63) is 16.1 Å². The van der Waals surface area contributed by atoms with Crippen molar-refractivity contribution < 1.29 is 9.53 Å². The Bertz CT molecular complexity index is 493. The first-order valence-corrected chi connectivity index (χ1v) is 8.75. The van der Waals surface area contributed by atoms with Crippen LogP contribution >= 0.6 is 11.3 Å². The fraction of sp³-hybridized carbons (Fsp3) is 0.733. The van der Waals surface area contributed by atoms with Crippen LogP contribution in [0.1, 0.15) is 16.3 Å². The van der Waals surface area contributed by atoms with Gasteiger partial charge in [-0.1, -0.05) is 0 Å². The Morgan fingerprint density at radius 1 is 1.45 bits per heavy atom. The predicted octanol–water partition coefficient (Wildman–Crippen LogP) is 0.474. The van der Waals surface area contributed by atoms with Crippen LogP contribution in [0.5, 0.6) is 0 Å². The summed E-state index contributed by atoms with van der Waals surface area (Å²) in [5, 5.41) is 4.46. The molecule has 6 nitrogen and oxygen atoms in total. The number of aromatic nitrogens is 1. The maximum absolute atomic E-state index is 12.3. The Kier molecular flexibility index (Phi) is 5.41. The number of amides is 1. The molecule has 22 heavy (non-hydrogen) atoms. The van der Waals surface area contributed by atoms with Crippen molar-refractivity contribution in [1.82, 2.24) is 20.1 Å². The molecule has 1 N–H and O–H groups in total. The molecule has 0 bridgehead atoms. The van der Waals surface area contributed by atoms with E-state index in [4.69, 9.17) is 4.74 Å². The molecular formula is C15H24N4O2S. The van der Waals surface area contributed by atoms with Crippen LogP contribution in [0.3, 0.4) is 0 Å². The Hall–Kier alpha value is -1.02. The molecule has 0 aliphatic carbocycles. The molecule has 1 amide bonds. The fourth-order valence-corrected chi connectivity index (χ4v) is 3.78. The minimum atomic E-state index is 0.180. The Morgan fingerprint density at radius 3 is 2.91 bits per heavy atom. The average molecular weight is 324 g/mol. The molecule has 0 saturated carbocycles. The third kappa shape index (κ3) is 4.25. The lowest BCUT2D eigenvalue weighted by Gasteiger charge is -2.35. The summed E-state index contributed by atoms with van der Waals surface area (Å²) in [5.74, 6) is 0.247. The van der Waals surface area contributed by atoms with E-state index in [0.29, 0.717) is 13.0 Å². The van der Waals surface area contributed by atoms with Crippen molar-refractivity contribution in [2.75, 3.05) is 45.9 Å². The Labute approximate surface area is 135 Å². The third-order valence-electron chi connectivity index (χ3n) is 4.19. The summed E-state index contributed by atoms with van der Waals surface area (Å²) < 4.78 is 5.41. The van der Waals surface area contributed by atoms with Crippen LogP contribution in [0.2, 0.25) is 0 Å². The zero-order valence-corrected chi connectivity index (χ0v) is 13.9. The average Bonchev–Trinajstić information content (AvgIpc) is 2.94. The largest absolute Gasteiger partial charge is 0.378 e. The van der Waals surface area contributed by atoms with Crippen LogP contribution < -0.4 is 5.32 Å². The van der Waals surface area contributed by atoms with Crippen LogP contribution in [0, 0.1) is 6.92 Å². The van der Waals surface area contributed by atoms with Crippen LogP contribution in [0.15, 0.2) is 6.20 Å². The molecule has 0 aromatic carbocycles. The van der Waals surface area contributed by atoms with Gasteiger partial charge in [0.2, 0.25) is 5.91 Å². The van der Waals surface area contributed by atoms with E-state index >= 15 is 0 Å². The van der Waals surface area contributed by atoms with Gasteiger partial charge >= 0.3 is 0 Å². The van der Waals surface area contributed by atoms with Crippen molar-refractivity contribution in [3.8, 4) is 0 Å². The normalized spacial score (nSPS) is 23.7. The summed E-state index contributed by atoms with van der Waals surface area (Å²) in [5.41, 5.74) is 0. The number of carbonyl (C=O) groups is 1. The molecule has 2 fully saturated rings. The van der Waals surface area contributed by atoms with Gasteiger partial charge in [0, 0.05) is 62.8 Å². The molecule has 122 valence electrons. The van der Waals surface area contributed by atoms with E-state index in [9.17, 15) is 4.79 Å². The number of hydrogen-bond donors (Lipinski definition) is 1. The number of piperazine rings is 1. The zero-order chi connectivity index (χ0) is 15.4. The first-order chi connectivity index (χ1) is 10.7. The number of rotatable bonds is 4. The lowest BCUT2D eigenvalue weighted by molar-refractivity contribution is -0.134. The summed E-state index contributed by atoms with van der Waals surface area (Å²) in [4.78, 5) is 22.3. The highest BCUT2D eigenvalue weighted by Gasteiger charge is 2.24. The molecule has 1 aromatic heterocycles. The van der Waals surface area contributed by atoms with Gasteiger partial charge < -0.3 is 15.0 Å². The van der Waals surface area contributed by atoms with Crippen LogP contribution in [0.4, 0.5) is 0 Å². The Morgan fingerprint density at radius 2 is 2.27 bits per heavy atom. The summed E-state index contributed by atoms with van der Waals surface area (Å²) in [6, 6.07) is 0.180. The van der Waals surface area contributed by atoms with Gasteiger partial charge in [0.05, 0.1) is 18.2 Å². The number of morpholine rings is 1. The molecule has 1 aromatic rings. The van der Waals surface area contributed by atoms with Crippen molar-refractivity contribution in [2.45, 2.75) is 25.9 Å². The molecule has 0 radical (unpaired) electrons. The van der Waals surface area contributed by atoms with Gasteiger partial charge in [0.15, 0.2) is 0 Å². The molecular weight excluding hydrogens is 300 g/mol. The topological polar surface area (TPSA) is 57.7 Å². The van der Waals surface area contributed by atoms with E-state index in [2.05, 4.69) is 15.2 Å². The lowest BCUT2D eigenvalue weighted by atomic mass is 10.1. The van der Waals surface area contributed by atoms with E-state index in [1.807, 2.05) is 18.0 Å². The van der Waals surface area contributed by atoms with Crippen molar-refractivity contribution in [2.24, 2.45) is 0 Å². The minimum absolute atomic E-state index is 0.180. The second kappa shape index (κ2) is 7.50. The number of thiazole rings is 1. The van der Waals surface area contributed by atoms with Gasteiger partial charge in [-0.15, -0.1) is 11.3 Å². The van der Waals surface area contributed by atoms with Crippen LogP contribution in [0.25, 0.3) is 0 Å². The van der Waals surface area contributed by atoms with E-state index in [0.717, 1.165) is 50.9 Å². The molecule has 7 heteroatoms. The predicted molar refractivity (Wildman–Crippen MR) is 85.9 cm³/mol. The molecule has 3 rings (SSSR count).